The maximum atomic E-state index is 5.35. The number of nitrogens with one attached hydrogen (secondary N) is 2. The van der Waals surface area contributed by atoms with Gasteiger partial charge in [-0.1, -0.05) is 47.5 Å². The Morgan fingerprint density at radius 2 is 1.28 bits per heavy atom. The molecule has 0 aliphatic rings. The zero-order valence-corrected chi connectivity index (χ0v) is 16.8. The fraction of sp³-hybridized carbons (Fsp3) is 0.429. The summed E-state index contributed by atoms with van der Waals surface area (Å²) in [6.45, 7) is 6.69. The molecule has 2 rings (SSSR count). The topological polar surface area (TPSA) is 53.3 Å². The summed E-state index contributed by atoms with van der Waals surface area (Å²) in [6, 6.07) is 17.0. The molecule has 2 aromatic rings. The van der Waals surface area contributed by atoms with Gasteiger partial charge in [-0.2, -0.15) is 0 Å². The number of benzene rings is 2. The first-order valence-corrected chi connectivity index (χ1v) is 8.73. The Morgan fingerprint density at radius 3 is 1.68 bits per heavy atom. The predicted octanol–water partition coefficient (Wildman–Crippen LogP) is 2.94. The number of nitrogens with zero attached hydrogens (tertiary/aromatic N) is 1. The van der Waals surface area contributed by atoms with Crippen molar-refractivity contribution < 1.29 is 0 Å². The SMILES string of the molecule is CNC.Cc1ccc(CNCCN)cc1.Cc1ccc(N(C)C)cc1. The van der Waals surface area contributed by atoms with Crippen molar-refractivity contribution in [1.82, 2.24) is 10.6 Å². The summed E-state index contributed by atoms with van der Waals surface area (Å²) in [4.78, 5) is 2.10. The van der Waals surface area contributed by atoms with Crippen LogP contribution in [0.2, 0.25) is 0 Å². The van der Waals surface area contributed by atoms with E-state index >= 15 is 0 Å². The molecule has 0 saturated carbocycles. The van der Waals surface area contributed by atoms with Gasteiger partial charge >= 0.3 is 0 Å². The van der Waals surface area contributed by atoms with E-state index in [1.807, 2.05) is 28.2 Å². The maximum absolute atomic E-state index is 5.35. The van der Waals surface area contributed by atoms with Crippen molar-refractivity contribution in [2.45, 2.75) is 20.4 Å². The zero-order chi connectivity index (χ0) is 19.1. The molecule has 0 heterocycles. The predicted molar refractivity (Wildman–Crippen MR) is 112 cm³/mol. The molecule has 0 aliphatic heterocycles. The number of rotatable bonds is 5. The van der Waals surface area contributed by atoms with Gasteiger partial charge in [0.25, 0.3) is 0 Å². The second kappa shape index (κ2) is 14.5. The lowest BCUT2D eigenvalue weighted by Crippen LogP contribution is -2.21. The van der Waals surface area contributed by atoms with Crippen LogP contribution in [0.5, 0.6) is 0 Å². The minimum Gasteiger partial charge on any atom is -0.378 e. The highest BCUT2D eigenvalue weighted by Crippen LogP contribution is 2.10. The van der Waals surface area contributed by atoms with Gasteiger partial charge in [0, 0.05) is 39.4 Å². The average Bonchev–Trinajstić information content (AvgIpc) is 2.59. The van der Waals surface area contributed by atoms with E-state index < -0.39 is 0 Å². The van der Waals surface area contributed by atoms with Crippen LogP contribution in [0.4, 0.5) is 5.69 Å². The van der Waals surface area contributed by atoms with E-state index in [1.54, 1.807) is 0 Å². The van der Waals surface area contributed by atoms with Gasteiger partial charge in [-0.3, -0.25) is 0 Å². The highest BCUT2D eigenvalue weighted by atomic mass is 15.1. The smallest absolute Gasteiger partial charge is 0.0361 e. The Kier molecular flexibility index (Phi) is 13.4. The van der Waals surface area contributed by atoms with Gasteiger partial charge < -0.3 is 21.3 Å². The third-order valence-corrected chi connectivity index (χ3v) is 3.32. The Labute approximate surface area is 154 Å². The lowest BCUT2D eigenvalue weighted by atomic mass is 10.1. The van der Waals surface area contributed by atoms with Crippen LogP contribution in [0.15, 0.2) is 48.5 Å². The van der Waals surface area contributed by atoms with E-state index in [9.17, 15) is 0 Å². The fourth-order valence-electron chi connectivity index (χ4n) is 1.88. The molecule has 4 nitrogen and oxygen atoms in total. The van der Waals surface area contributed by atoms with E-state index in [0.717, 1.165) is 13.1 Å². The van der Waals surface area contributed by atoms with Crippen LogP contribution in [0.25, 0.3) is 0 Å². The third kappa shape index (κ3) is 12.2. The number of nitrogens with two attached hydrogens (primary N) is 1. The van der Waals surface area contributed by atoms with Crippen molar-refractivity contribution in [3.63, 3.8) is 0 Å². The molecule has 0 unspecified atom stereocenters. The zero-order valence-electron chi connectivity index (χ0n) is 16.8. The van der Waals surface area contributed by atoms with E-state index in [-0.39, 0.29) is 0 Å². The molecule has 4 N–H and O–H groups in total. The monoisotopic (exact) mass is 344 g/mol. The first kappa shape index (κ1) is 23.1. The van der Waals surface area contributed by atoms with Gasteiger partial charge in [0.05, 0.1) is 0 Å². The molecule has 25 heavy (non-hydrogen) atoms. The van der Waals surface area contributed by atoms with Crippen molar-refractivity contribution in [3.05, 3.63) is 65.2 Å². The molecule has 0 amide bonds. The molecule has 4 heteroatoms. The molecular formula is C21H36N4. The second-order valence-electron chi connectivity index (χ2n) is 6.18. The molecular weight excluding hydrogens is 308 g/mol. The molecule has 140 valence electrons. The quantitative estimate of drug-likeness (QED) is 0.730. The van der Waals surface area contributed by atoms with Crippen LogP contribution in [0, 0.1) is 13.8 Å². The molecule has 0 aromatic heterocycles. The van der Waals surface area contributed by atoms with E-state index in [0.29, 0.717) is 6.54 Å². The van der Waals surface area contributed by atoms with E-state index in [1.165, 1.54) is 22.4 Å². The Balaban J connectivity index is 0.000000403. The van der Waals surface area contributed by atoms with Crippen LogP contribution < -0.4 is 21.3 Å². The van der Waals surface area contributed by atoms with Crippen molar-refractivity contribution in [3.8, 4) is 0 Å². The second-order valence-corrected chi connectivity index (χ2v) is 6.18. The molecule has 0 bridgehead atoms. The van der Waals surface area contributed by atoms with Gasteiger partial charge in [0.1, 0.15) is 0 Å². The standard InChI is InChI=1S/C10H16N2.C9H13N.C2H7N/c1-9-2-4-10(5-3-9)8-12-7-6-11;1-8-4-6-9(7-5-8)10(2)3;1-3-2/h2-5,12H,6-8,11H2,1H3;4-7H,1-3H3;3H,1-2H3. The van der Waals surface area contributed by atoms with Crippen molar-refractivity contribution in [2.75, 3.05) is 46.2 Å². The minimum atomic E-state index is 0.700. The minimum absolute atomic E-state index is 0.700. The number of anilines is 1. The van der Waals surface area contributed by atoms with Gasteiger partial charge in [-0.05, 0) is 45.6 Å². The number of aryl methyl sites for hydroxylation is 2. The molecule has 0 spiro atoms. The van der Waals surface area contributed by atoms with E-state index in [4.69, 9.17) is 5.73 Å². The van der Waals surface area contributed by atoms with Crippen LogP contribution in [-0.2, 0) is 6.54 Å². The summed E-state index contributed by atoms with van der Waals surface area (Å²) < 4.78 is 0. The lowest BCUT2D eigenvalue weighted by molar-refractivity contribution is 0.695. The van der Waals surface area contributed by atoms with Crippen molar-refractivity contribution in [2.24, 2.45) is 5.73 Å². The highest BCUT2D eigenvalue weighted by Gasteiger charge is 1.91. The molecule has 0 radical (unpaired) electrons. The Hall–Kier alpha value is -1.88. The van der Waals surface area contributed by atoms with Crippen LogP contribution >= 0.6 is 0 Å². The lowest BCUT2D eigenvalue weighted by Gasteiger charge is -2.11. The largest absolute Gasteiger partial charge is 0.378 e. The summed E-state index contributed by atoms with van der Waals surface area (Å²) in [5.74, 6) is 0. The van der Waals surface area contributed by atoms with Gasteiger partial charge in [-0.15, -0.1) is 0 Å². The summed E-state index contributed by atoms with van der Waals surface area (Å²) in [7, 11) is 7.84. The third-order valence-electron chi connectivity index (χ3n) is 3.32. The molecule has 0 atom stereocenters. The summed E-state index contributed by atoms with van der Waals surface area (Å²) in [5, 5.41) is 6.00. The average molecular weight is 345 g/mol. The van der Waals surface area contributed by atoms with Gasteiger partial charge in [0.15, 0.2) is 0 Å². The first-order chi connectivity index (χ1) is 11.9. The van der Waals surface area contributed by atoms with Crippen molar-refractivity contribution >= 4 is 5.69 Å². The van der Waals surface area contributed by atoms with Crippen LogP contribution in [0.3, 0.4) is 0 Å². The maximum Gasteiger partial charge on any atom is 0.0361 e. The fourth-order valence-corrected chi connectivity index (χ4v) is 1.88. The summed E-state index contributed by atoms with van der Waals surface area (Å²) in [6.07, 6.45) is 0. The van der Waals surface area contributed by atoms with Crippen molar-refractivity contribution in [1.29, 1.82) is 0 Å². The first-order valence-electron chi connectivity index (χ1n) is 8.73. The van der Waals surface area contributed by atoms with E-state index in [2.05, 4.69) is 77.9 Å². The van der Waals surface area contributed by atoms with Gasteiger partial charge in [-0.25, -0.2) is 0 Å². The van der Waals surface area contributed by atoms with Crippen LogP contribution in [-0.4, -0.2) is 41.3 Å². The number of hydrogen-bond donors (Lipinski definition) is 3. The Morgan fingerprint density at radius 1 is 0.840 bits per heavy atom. The van der Waals surface area contributed by atoms with Crippen LogP contribution in [0.1, 0.15) is 16.7 Å². The number of hydrogen-bond acceptors (Lipinski definition) is 4. The summed E-state index contributed by atoms with van der Waals surface area (Å²) in [5.41, 5.74) is 10.5. The highest BCUT2D eigenvalue weighted by molar-refractivity contribution is 5.45. The summed E-state index contributed by atoms with van der Waals surface area (Å²) >= 11 is 0. The molecule has 0 fully saturated rings. The van der Waals surface area contributed by atoms with Gasteiger partial charge in [0.2, 0.25) is 0 Å². The molecule has 0 aliphatic carbocycles. The molecule has 0 saturated heterocycles. The Bertz CT molecular complexity index is 533. The molecule has 2 aromatic carbocycles. The normalized spacial score (nSPS) is 9.40.